The molecule has 7 heteroatoms. The van der Waals surface area contributed by atoms with E-state index in [1.807, 2.05) is 13.2 Å². The van der Waals surface area contributed by atoms with E-state index in [2.05, 4.69) is 31.9 Å². The highest BCUT2D eigenvalue weighted by Crippen LogP contribution is 2.28. The second-order valence-electron chi connectivity index (χ2n) is 3.90. The van der Waals surface area contributed by atoms with Gasteiger partial charge < -0.3 is 0 Å². The molecular weight excluding hydrogens is 402 g/mol. The number of benzene rings is 1. The van der Waals surface area contributed by atoms with Crippen molar-refractivity contribution >= 4 is 53.6 Å². The highest BCUT2D eigenvalue weighted by Gasteiger charge is 2.26. The highest BCUT2D eigenvalue weighted by atomic mass is 79.9. The van der Waals surface area contributed by atoms with Gasteiger partial charge in [-0.05, 0) is 47.3 Å². The van der Waals surface area contributed by atoms with Crippen molar-refractivity contribution in [2.45, 2.75) is 17.9 Å². The molecule has 1 unspecified atom stereocenters. The summed E-state index contributed by atoms with van der Waals surface area (Å²) in [5.41, 5.74) is 0. The SMILES string of the molecule is CSCC(C)N(C)S(=O)(=O)c1ccc(Br)cc1Br. The Balaban J connectivity index is 3.13. The summed E-state index contributed by atoms with van der Waals surface area (Å²) < 4.78 is 27.7. The summed E-state index contributed by atoms with van der Waals surface area (Å²) in [6.45, 7) is 1.90. The van der Waals surface area contributed by atoms with E-state index >= 15 is 0 Å². The first-order valence-electron chi connectivity index (χ1n) is 5.22. The van der Waals surface area contributed by atoms with Gasteiger partial charge in [0, 0.05) is 27.8 Å². The number of sulfonamides is 1. The zero-order chi connectivity index (χ0) is 13.9. The van der Waals surface area contributed by atoms with E-state index in [0.29, 0.717) is 9.37 Å². The molecule has 102 valence electrons. The topological polar surface area (TPSA) is 37.4 Å². The van der Waals surface area contributed by atoms with E-state index in [1.165, 1.54) is 4.31 Å². The number of hydrogen-bond donors (Lipinski definition) is 0. The Hall–Kier alpha value is 0.440. The maximum Gasteiger partial charge on any atom is 0.244 e. The number of hydrogen-bond acceptors (Lipinski definition) is 3. The standard InChI is InChI=1S/C11H15Br2NO2S2/c1-8(7-17-3)14(2)18(15,16)11-5-4-9(12)6-10(11)13/h4-6,8H,7H2,1-3H3. The van der Waals surface area contributed by atoms with Gasteiger partial charge in [0.1, 0.15) is 0 Å². The quantitative estimate of drug-likeness (QED) is 0.735. The minimum atomic E-state index is -3.46. The van der Waals surface area contributed by atoms with Crippen molar-refractivity contribution in [2.24, 2.45) is 0 Å². The van der Waals surface area contributed by atoms with Crippen LogP contribution in [0.1, 0.15) is 6.92 Å². The fraction of sp³-hybridized carbons (Fsp3) is 0.455. The van der Waals surface area contributed by atoms with E-state index in [4.69, 9.17) is 0 Å². The molecule has 0 amide bonds. The number of thioether (sulfide) groups is 1. The Kier molecular flexibility index (Phi) is 6.18. The Morgan fingerprint density at radius 2 is 2.00 bits per heavy atom. The first-order valence-corrected chi connectivity index (χ1v) is 9.64. The van der Waals surface area contributed by atoms with E-state index < -0.39 is 10.0 Å². The third-order valence-corrected chi connectivity index (χ3v) is 6.84. The van der Waals surface area contributed by atoms with Crippen LogP contribution in [0.25, 0.3) is 0 Å². The molecule has 0 aromatic heterocycles. The molecule has 0 aliphatic heterocycles. The molecule has 0 aliphatic rings. The Morgan fingerprint density at radius 3 is 2.50 bits per heavy atom. The van der Waals surface area contributed by atoms with E-state index in [9.17, 15) is 8.42 Å². The van der Waals surface area contributed by atoms with E-state index in [-0.39, 0.29) is 6.04 Å². The minimum absolute atomic E-state index is 0.0412. The maximum atomic E-state index is 12.5. The van der Waals surface area contributed by atoms with Gasteiger partial charge in [-0.25, -0.2) is 8.42 Å². The van der Waals surface area contributed by atoms with Gasteiger partial charge in [-0.3, -0.25) is 0 Å². The maximum absolute atomic E-state index is 12.5. The molecule has 0 bridgehead atoms. The lowest BCUT2D eigenvalue weighted by atomic mass is 10.4. The van der Waals surface area contributed by atoms with Crippen molar-refractivity contribution in [1.82, 2.24) is 4.31 Å². The molecule has 1 rings (SSSR count). The van der Waals surface area contributed by atoms with Gasteiger partial charge in [0.25, 0.3) is 0 Å². The smallest absolute Gasteiger partial charge is 0.207 e. The molecule has 1 atom stereocenters. The normalized spacial score (nSPS) is 13.9. The van der Waals surface area contributed by atoms with Gasteiger partial charge in [-0.2, -0.15) is 16.1 Å². The van der Waals surface area contributed by atoms with Crippen LogP contribution in [0.15, 0.2) is 32.0 Å². The number of nitrogens with zero attached hydrogens (tertiary/aromatic N) is 1. The van der Waals surface area contributed by atoms with E-state index in [1.54, 1.807) is 37.0 Å². The van der Waals surface area contributed by atoms with Crippen molar-refractivity contribution in [3.8, 4) is 0 Å². The monoisotopic (exact) mass is 415 g/mol. The highest BCUT2D eigenvalue weighted by molar-refractivity contribution is 9.11. The Labute approximate surface area is 130 Å². The van der Waals surface area contributed by atoms with Gasteiger partial charge >= 0.3 is 0 Å². The van der Waals surface area contributed by atoms with Crippen LogP contribution >= 0.6 is 43.6 Å². The zero-order valence-corrected chi connectivity index (χ0v) is 15.2. The predicted octanol–water partition coefficient (Wildman–Crippen LogP) is 3.58. The molecule has 1 aromatic carbocycles. The Bertz CT molecular complexity index is 520. The molecule has 0 heterocycles. The summed E-state index contributed by atoms with van der Waals surface area (Å²) in [4.78, 5) is 0.293. The van der Waals surface area contributed by atoms with Gasteiger partial charge in [0.05, 0.1) is 4.90 Å². The van der Waals surface area contributed by atoms with Crippen molar-refractivity contribution in [3.05, 3.63) is 27.1 Å². The molecule has 18 heavy (non-hydrogen) atoms. The van der Waals surface area contributed by atoms with Crippen LogP contribution in [0.5, 0.6) is 0 Å². The summed E-state index contributed by atoms with van der Waals surface area (Å²) in [7, 11) is -1.84. The number of halogens is 2. The average molecular weight is 417 g/mol. The van der Waals surface area contributed by atoms with Crippen LogP contribution in [0.4, 0.5) is 0 Å². The lowest BCUT2D eigenvalue weighted by Gasteiger charge is -2.24. The molecule has 0 aliphatic carbocycles. The summed E-state index contributed by atoms with van der Waals surface area (Å²) >= 11 is 8.24. The molecule has 0 fully saturated rings. The molecule has 0 spiro atoms. The first-order chi connectivity index (χ1) is 8.30. The first kappa shape index (κ1) is 16.5. The van der Waals surface area contributed by atoms with Crippen LogP contribution < -0.4 is 0 Å². The fourth-order valence-corrected chi connectivity index (χ4v) is 5.29. The summed E-state index contributed by atoms with van der Waals surface area (Å²) in [6.07, 6.45) is 1.96. The molecular formula is C11H15Br2NO2S2. The zero-order valence-electron chi connectivity index (χ0n) is 10.4. The van der Waals surface area contributed by atoms with Gasteiger partial charge in [0.15, 0.2) is 0 Å². The van der Waals surface area contributed by atoms with Crippen molar-refractivity contribution < 1.29 is 8.42 Å². The van der Waals surface area contributed by atoms with Gasteiger partial charge in [-0.15, -0.1) is 0 Å². The van der Waals surface area contributed by atoms with Crippen LogP contribution in [-0.2, 0) is 10.0 Å². The number of rotatable bonds is 5. The summed E-state index contributed by atoms with van der Waals surface area (Å²) in [5, 5.41) is 0. The van der Waals surface area contributed by atoms with Crippen LogP contribution in [0.3, 0.4) is 0 Å². The Morgan fingerprint density at radius 1 is 1.39 bits per heavy atom. The fourth-order valence-electron chi connectivity index (χ4n) is 1.42. The van der Waals surface area contributed by atoms with Crippen molar-refractivity contribution in [1.29, 1.82) is 0 Å². The van der Waals surface area contributed by atoms with Crippen LogP contribution in [0, 0.1) is 0 Å². The molecule has 0 radical (unpaired) electrons. The lowest BCUT2D eigenvalue weighted by Crippen LogP contribution is -2.36. The second-order valence-corrected chi connectivity index (χ2v) is 8.55. The molecule has 0 saturated heterocycles. The molecule has 0 saturated carbocycles. The molecule has 0 N–H and O–H groups in total. The summed E-state index contributed by atoms with van der Waals surface area (Å²) in [6, 6.07) is 5.02. The third kappa shape index (κ3) is 3.72. The van der Waals surface area contributed by atoms with Crippen LogP contribution in [0.2, 0.25) is 0 Å². The second kappa shape index (κ2) is 6.74. The molecule has 1 aromatic rings. The average Bonchev–Trinajstić information content (AvgIpc) is 2.27. The minimum Gasteiger partial charge on any atom is -0.207 e. The lowest BCUT2D eigenvalue weighted by molar-refractivity contribution is 0.415. The van der Waals surface area contributed by atoms with Gasteiger partial charge in [-0.1, -0.05) is 15.9 Å². The molecule has 3 nitrogen and oxygen atoms in total. The van der Waals surface area contributed by atoms with E-state index in [0.717, 1.165) is 10.2 Å². The van der Waals surface area contributed by atoms with Crippen LogP contribution in [-0.4, -0.2) is 37.8 Å². The van der Waals surface area contributed by atoms with Crippen molar-refractivity contribution in [3.63, 3.8) is 0 Å². The third-order valence-electron chi connectivity index (χ3n) is 2.58. The largest absolute Gasteiger partial charge is 0.244 e. The van der Waals surface area contributed by atoms with Crippen molar-refractivity contribution in [2.75, 3.05) is 19.1 Å². The predicted molar refractivity (Wildman–Crippen MR) is 84.6 cm³/mol. The van der Waals surface area contributed by atoms with Gasteiger partial charge in [0.2, 0.25) is 10.0 Å². The summed E-state index contributed by atoms with van der Waals surface area (Å²) in [5.74, 6) is 0.768.